The van der Waals surface area contributed by atoms with Crippen molar-refractivity contribution in [1.82, 2.24) is 15.5 Å². The van der Waals surface area contributed by atoms with Crippen LogP contribution in [0.1, 0.15) is 51.8 Å². The molecule has 27 heavy (non-hydrogen) atoms. The number of morpholine rings is 1. The molecule has 5 heteroatoms. The molecule has 1 atom stereocenters. The van der Waals surface area contributed by atoms with Crippen LogP contribution in [0.15, 0.2) is 24.3 Å². The molecule has 1 unspecified atom stereocenters. The van der Waals surface area contributed by atoms with Crippen LogP contribution in [0.4, 0.5) is 0 Å². The predicted octanol–water partition coefficient (Wildman–Crippen LogP) is 2.76. The largest absolute Gasteiger partial charge is 0.379 e. The highest BCUT2D eigenvalue weighted by Crippen LogP contribution is 2.22. The molecule has 1 saturated heterocycles. The highest BCUT2D eigenvalue weighted by Gasteiger charge is 2.28. The molecule has 0 aromatic heterocycles. The molecule has 2 N–H and O–H groups in total. The SMILES string of the molecule is CCc1ccc(C(NCC(=O)NCC(C)(C)N2CCOCC2)C(C)C)cc1. The Morgan fingerprint density at radius 2 is 1.81 bits per heavy atom. The smallest absolute Gasteiger partial charge is 0.234 e. The normalized spacial score (nSPS) is 17.1. The third kappa shape index (κ3) is 6.59. The first-order valence-electron chi connectivity index (χ1n) is 10.2. The van der Waals surface area contributed by atoms with Crippen molar-refractivity contribution in [2.45, 2.75) is 52.6 Å². The lowest BCUT2D eigenvalue weighted by Gasteiger charge is -2.40. The Labute approximate surface area is 164 Å². The molecule has 0 radical (unpaired) electrons. The number of benzene rings is 1. The molecule has 1 aromatic carbocycles. The molecule has 0 spiro atoms. The van der Waals surface area contributed by atoms with Crippen LogP contribution in [0, 0.1) is 5.92 Å². The second-order valence-corrected chi connectivity index (χ2v) is 8.39. The Morgan fingerprint density at radius 3 is 2.37 bits per heavy atom. The van der Waals surface area contributed by atoms with Gasteiger partial charge in [0.15, 0.2) is 0 Å². The molecule has 1 aliphatic heterocycles. The van der Waals surface area contributed by atoms with Crippen LogP contribution in [0.5, 0.6) is 0 Å². The van der Waals surface area contributed by atoms with E-state index in [9.17, 15) is 4.79 Å². The van der Waals surface area contributed by atoms with Gasteiger partial charge >= 0.3 is 0 Å². The molecular weight excluding hydrogens is 338 g/mol. The summed E-state index contributed by atoms with van der Waals surface area (Å²) in [5, 5.41) is 6.54. The molecule has 0 aliphatic carbocycles. The number of carbonyl (C=O) groups excluding carboxylic acids is 1. The average molecular weight is 376 g/mol. The maximum atomic E-state index is 12.4. The summed E-state index contributed by atoms with van der Waals surface area (Å²) in [7, 11) is 0. The summed E-state index contributed by atoms with van der Waals surface area (Å²) in [5.74, 6) is 0.460. The van der Waals surface area contributed by atoms with Crippen molar-refractivity contribution < 1.29 is 9.53 Å². The molecule has 5 nitrogen and oxygen atoms in total. The summed E-state index contributed by atoms with van der Waals surface area (Å²) in [6, 6.07) is 8.88. The lowest BCUT2D eigenvalue weighted by molar-refractivity contribution is -0.121. The van der Waals surface area contributed by atoms with Crippen LogP contribution in [0.3, 0.4) is 0 Å². The van der Waals surface area contributed by atoms with E-state index >= 15 is 0 Å². The fraction of sp³-hybridized carbons (Fsp3) is 0.682. The highest BCUT2D eigenvalue weighted by molar-refractivity contribution is 5.78. The molecule has 1 amide bonds. The van der Waals surface area contributed by atoms with E-state index in [0.29, 0.717) is 19.0 Å². The highest BCUT2D eigenvalue weighted by atomic mass is 16.5. The maximum absolute atomic E-state index is 12.4. The topological polar surface area (TPSA) is 53.6 Å². The van der Waals surface area contributed by atoms with Crippen LogP contribution in [0.25, 0.3) is 0 Å². The number of hydrogen-bond donors (Lipinski definition) is 2. The Morgan fingerprint density at radius 1 is 1.19 bits per heavy atom. The third-order valence-electron chi connectivity index (χ3n) is 5.48. The number of carbonyl (C=O) groups is 1. The van der Waals surface area contributed by atoms with Crippen molar-refractivity contribution >= 4 is 5.91 Å². The zero-order chi connectivity index (χ0) is 19.9. The number of nitrogens with zero attached hydrogens (tertiary/aromatic N) is 1. The number of nitrogens with one attached hydrogen (secondary N) is 2. The summed E-state index contributed by atoms with van der Waals surface area (Å²) < 4.78 is 5.43. The van der Waals surface area contributed by atoms with Gasteiger partial charge in [-0.2, -0.15) is 0 Å². The Bertz CT molecular complexity index is 578. The first-order valence-corrected chi connectivity index (χ1v) is 10.2. The van der Waals surface area contributed by atoms with Gasteiger partial charge in [-0.1, -0.05) is 45.0 Å². The summed E-state index contributed by atoms with van der Waals surface area (Å²) in [5.41, 5.74) is 2.51. The van der Waals surface area contributed by atoms with Gasteiger partial charge in [0, 0.05) is 31.2 Å². The number of hydrogen-bond acceptors (Lipinski definition) is 4. The summed E-state index contributed by atoms with van der Waals surface area (Å²) in [4.78, 5) is 14.8. The van der Waals surface area contributed by atoms with Gasteiger partial charge in [0.1, 0.15) is 0 Å². The number of amides is 1. The summed E-state index contributed by atoms with van der Waals surface area (Å²) in [6.45, 7) is 15.2. The van der Waals surface area contributed by atoms with Crippen LogP contribution in [-0.2, 0) is 16.0 Å². The molecule has 0 saturated carbocycles. The summed E-state index contributed by atoms with van der Waals surface area (Å²) >= 11 is 0. The van der Waals surface area contributed by atoms with E-state index in [2.05, 4.69) is 74.4 Å². The van der Waals surface area contributed by atoms with Gasteiger partial charge in [-0.25, -0.2) is 0 Å². The number of aryl methyl sites for hydroxylation is 1. The monoisotopic (exact) mass is 375 g/mol. The van der Waals surface area contributed by atoms with Gasteiger partial charge in [-0.05, 0) is 37.3 Å². The molecule has 1 fully saturated rings. The van der Waals surface area contributed by atoms with Crippen LogP contribution in [0.2, 0.25) is 0 Å². The minimum Gasteiger partial charge on any atom is -0.379 e. The van der Waals surface area contributed by atoms with E-state index in [4.69, 9.17) is 4.74 Å². The number of ether oxygens (including phenoxy) is 1. The molecule has 1 aromatic rings. The first kappa shape index (κ1) is 21.9. The lowest BCUT2D eigenvalue weighted by atomic mass is 9.95. The molecule has 1 aliphatic rings. The second-order valence-electron chi connectivity index (χ2n) is 8.39. The zero-order valence-electron chi connectivity index (χ0n) is 17.7. The molecule has 2 rings (SSSR count). The summed E-state index contributed by atoms with van der Waals surface area (Å²) in [6.07, 6.45) is 1.04. The van der Waals surface area contributed by atoms with Gasteiger partial charge in [-0.15, -0.1) is 0 Å². The Kier molecular flexibility index (Phi) is 8.27. The number of rotatable bonds is 9. The van der Waals surface area contributed by atoms with Gasteiger partial charge in [0.05, 0.1) is 19.8 Å². The third-order valence-corrected chi connectivity index (χ3v) is 5.48. The fourth-order valence-electron chi connectivity index (χ4n) is 3.56. The maximum Gasteiger partial charge on any atom is 0.234 e. The van der Waals surface area contributed by atoms with Crippen LogP contribution < -0.4 is 10.6 Å². The van der Waals surface area contributed by atoms with Crippen molar-refractivity contribution in [3.63, 3.8) is 0 Å². The average Bonchev–Trinajstić information content (AvgIpc) is 2.67. The quantitative estimate of drug-likeness (QED) is 0.697. The Balaban J connectivity index is 1.84. The van der Waals surface area contributed by atoms with E-state index in [0.717, 1.165) is 32.7 Å². The fourth-order valence-corrected chi connectivity index (χ4v) is 3.56. The van der Waals surface area contributed by atoms with Crippen molar-refractivity contribution in [2.75, 3.05) is 39.4 Å². The first-order chi connectivity index (χ1) is 12.8. The van der Waals surface area contributed by atoms with Crippen molar-refractivity contribution in [2.24, 2.45) is 5.92 Å². The van der Waals surface area contributed by atoms with Gasteiger partial charge in [0.25, 0.3) is 0 Å². The minimum atomic E-state index is -0.0626. The van der Waals surface area contributed by atoms with E-state index < -0.39 is 0 Å². The molecule has 152 valence electrons. The van der Waals surface area contributed by atoms with Crippen LogP contribution >= 0.6 is 0 Å². The second kappa shape index (κ2) is 10.2. The Hall–Kier alpha value is -1.43. The van der Waals surface area contributed by atoms with E-state index in [1.165, 1.54) is 11.1 Å². The predicted molar refractivity (Wildman–Crippen MR) is 111 cm³/mol. The minimum absolute atomic E-state index is 0.0483. The van der Waals surface area contributed by atoms with Crippen LogP contribution in [-0.4, -0.2) is 55.7 Å². The van der Waals surface area contributed by atoms with Gasteiger partial charge in [-0.3, -0.25) is 9.69 Å². The van der Waals surface area contributed by atoms with Crippen molar-refractivity contribution in [3.05, 3.63) is 35.4 Å². The van der Waals surface area contributed by atoms with E-state index in [-0.39, 0.29) is 17.5 Å². The lowest BCUT2D eigenvalue weighted by Crippen LogP contribution is -2.56. The zero-order valence-corrected chi connectivity index (χ0v) is 17.7. The van der Waals surface area contributed by atoms with Crippen molar-refractivity contribution in [1.29, 1.82) is 0 Å². The van der Waals surface area contributed by atoms with E-state index in [1.807, 2.05) is 0 Å². The molecule has 1 heterocycles. The van der Waals surface area contributed by atoms with Gasteiger partial charge in [0.2, 0.25) is 5.91 Å². The molecule has 0 bridgehead atoms. The van der Waals surface area contributed by atoms with E-state index in [1.54, 1.807) is 0 Å². The standard InChI is InChI=1S/C22H37N3O2/c1-6-18-7-9-19(10-8-18)21(17(2)3)23-15-20(26)24-16-22(4,5)25-11-13-27-14-12-25/h7-10,17,21,23H,6,11-16H2,1-5H3,(H,24,26). The van der Waals surface area contributed by atoms with Crippen molar-refractivity contribution in [3.8, 4) is 0 Å². The van der Waals surface area contributed by atoms with Gasteiger partial charge < -0.3 is 15.4 Å². The molecular formula is C22H37N3O2.